The zero-order valence-corrected chi connectivity index (χ0v) is 23.9. The summed E-state index contributed by atoms with van der Waals surface area (Å²) in [6.45, 7) is 12.6. The Morgan fingerprint density at radius 1 is 1.15 bits per heavy atom. The normalized spacial score (nSPS) is 30.8. The third-order valence-electron chi connectivity index (χ3n) is 8.87. The molecule has 4 rings (SSSR count). The molecule has 9 heteroatoms. The van der Waals surface area contributed by atoms with Gasteiger partial charge in [-0.25, -0.2) is 0 Å². The second kappa shape index (κ2) is 11.4. The molecule has 6 atom stereocenters. The second-order valence-electron chi connectivity index (χ2n) is 11.2. The van der Waals surface area contributed by atoms with E-state index in [-0.39, 0.29) is 36.8 Å². The molecular weight excluding hydrogens is 518 g/mol. The van der Waals surface area contributed by atoms with E-state index >= 15 is 0 Å². The summed E-state index contributed by atoms with van der Waals surface area (Å²) in [5.74, 6) is -2.16. The van der Waals surface area contributed by atoms with Crippen LogP contribution in [0, 0.1) is 17.8 Å². The summed E-state index contributed by atoms with van der Waals surface area (Å²) < 4.78 is 6.82. The number of carbonyl (C=O) groups is 3. The number of halogens is 1. The smallest absolute Gasteiger partial charge is 0.253 e. The molecule has 1 aromatic rings. The van der Waals surface area contributed by atoms with Crippen molar-refractivity contribution in [1.82, 2.24) is 9.80 Å². The highest BCUT2D eigenvalue weighted by atomic mass is 35.5. The Kier molecular flexibility index (Phi) is 8.59. The van der Waals surface area contributed by atoms with Gasteiger partial charge in [0.15, 0.2) is 0 Å². The van der Waals surface area contributed by atoms with Crippen LogP contribution in [0.5, 0.6) is 0 Å². The van der Waals surface area contributed by atoms with Crippen LogP contribution in [-0.2, 0) is 19.1 Å². The molecule has 0 saturated carbocycles. The molecule has 3 aliphatic heterocycles. The Morgan fingerprint density at radius 2 is 1.82 bits per heavy atom. The van der Waals surface area contributed by atoms with E-state index in [0.717, 1.165) is 0 Å². The van der Waals surface area contributed by atoms with Crippen molar-refractivity contribution in [1.29, 1.82) is 0 Å². The number of hydrogen-bond acceptors (Lipinski definition) is 5. The Hall–Kier alpha value is -2.68. The maximum Gasteiger partial charge on any atom is 0.253 e. The molecule has 1 aromatic carbocycles. The minimum absolute atomic E-state index is 0.0411. The van der Waals surface area contributed by atoms with Crippen LogP contribution in [0.15, 0.2) is 49.6 Å². The van der Waals surface area contributed by atoms with Crippen LogP contribution in [0.4, 0.5) is 5.69 Å². The predicted octanol–water partition coefficient (Wildman–Crippen LogP) is 3.68. The van der Waals surface area contributed by atoms with Gasteiger partial charge in [-0.15, -0.1) is 13.2 Å². The maximum atomic E-state index is 14.5. The van der Waals surface area contributed by atoms with E-state index in [1.165, 1.54) is 0 Å². The lowest BCUT2D eigenvalue weighted by atomic mass is 9.62. The topological polar surface area (TPSA) is 90.4 Å². The van der Waals surface area contributed by atoms with Crippen molar-refractivity contribution in [3.63, 3.8) is 0 Å². The molecule has 8 nitrogen and oxygen atoms in total. The number of amides is 3. The van der Waals surface area contributed by atoms with Crippen molar-refractivity contribution in [2.24, 2.45) is 17.8 Å². The summed E-state index contributed by atoms with van der Waals surface area (Å²) in [6.07, 6.45) is 5.76. The zero-order valence-electron chi connectivity index (χ0n) is 23.1. The first-order chi connectivity index (χ1) is 18.6. The zero-order chi connectivity index (χ0) is 28.5. The minimum atomic E-state index is -1.12. The molecule has 3 amide bonds. The van der Waals surface area contributed by atoms with Crippen molar-refractivity contribution in [2.45, 2.75) is 56.8 Å². The van der Waals surface area contributed by atoms with Gasteiger partial charge in [0.05, 0.1) is 17.4 Å². The number of likely N-dealkylation sites (tertiary alicyclic amines) is 1. The molecule has 2 bridgehead atoms. The molecule has 3 heterocycles. The van der Waals surface area contributed by atoms with E-state index in [1.807, 2.05) is 13.8 Å². The lowest BCUT2D eigenvalue weighted by Crippen LogP contribution is -2.57. The van der Waals surface area contributed by atoms with Crippen LogP contribution in [0.25, 0.3) is 0 Å². The Balaban J connectivity index is 1.80. The summed E-state index contributed by atoms with van der Waals surface area (Å²) in [5, 5.41) is 9.81. The van der Waals surface area contributed by atoms with Crippen LogP contribution in [-0.4, -0.2) is 83.2 Å². The van der Waals surface area contributed by atoms with E-state index in [0.29, 0.717) is 49.5 Å². The van der Waals surface area contributed by atoms with Crippen LogP contribution in [0.1, 0.15) is 39.5 Å². The van der Waals surface area contributed by atoms with Gasteiger partial charge in [-0.1, -0.05) is 30.7 Å². The van der Waals surface area contributed by atoms with Crippen molar-refractivity contribution in [3.05, 3.63) is 54.6 Å². The average molecular weight is 558 g/mol. The van der Waals surface area contributed by atoms with Crippen LogP contribution in [0.3, 0.4) is 0 Å². The lowest BCUT2D eigenvalue weighted by Gasteiger charge is -2.38. The summed E-state index contributed by atoms with van der Waals surface area (Å²) in [4.78, 5) is 47.4. The van der Waals surface area contributed by atoms with E-state index in [2.05, 4.69) is 13.2 Å². The number of benzene rings is 1. The fraction of sp³-hybridized carbons (Fsp3) is 0.567. The quantitative estimate of drug-likeness (QED) is 0.313. The van der Waals surface area contributed by atoms with Crippen LogP contribution >= 0.6 is 11.6 Å². The lowest BCUT2D eigenvalue weighted by molar-refractivity contribution is -0.150. The van der Waals surface area contributed by atoms with Crippen LogP contribution in [0.2, 0.25) is 5.02 Å². The highest BCUT2D eigenvalue weighted by Crippen LogP contribution is 2.65. The average Bonchev–Trinajstić information content (AvgIpc) is 3.41. The number of hydrogen-bond donors (Lipinski definition) is 1. The molecule has 0 aromatic heterocycles. The van der Waals surface area contributed by atoms with Gasteiger partial charge in [0.1, 0.15) is 11.6 Å². The number of nitrogens with zero attached hydrogens (tertiary/aromatic N) is 3. The molecule has 0 aliphatic carbocycles. The highest BCUT2D eigenvalue weighted by molar-refractivity contribution is 6.30. The van der Waals surface area contributed by atoms with Crippen molar-refractivity contribution in [2.75, 3.05) is 38.2 Å². The standard InChI is InChI=1S/C30H40ClN3O5/c1-6-15-32(5)26(36)23-24-27(37)34(17-9-8-10-18-35)25(30(24)19-20(3)29(23,4)39-30)28(38)33(16-7-2)22-13-11-21(31)12-14-22/h6-7,11-14,20,23-25,35H,1-2,8-10,15-19H2,3-5H3/t20?,23-,24+,25?,29+,30?/m1/s1. The van der Waals surface area contributed by atoms with Crippen LogP contribution < -0.4 is 4.90 Å². The Bertz CT molecular complexity index is 1130. The minimum Gasteiger partial charge on any atom is -0.396 e. The molecular formula is C30H40ClN3O5. The number of anilines is 1. The first kappa shape index (κ1) is 29.3. The SMILES string of the molecule is C=CCN(C)C(=O)[C@H]1[C@H]2C(=O)N(CCCCCO)C(C(=O)N(CC=C)c3ccc(Cl)cc3)C23CC(C)[C@]1(C)O3. The number of ether oxygens (including phenoxy) is 1. The number of rotatable bonds is 12. The van der Waals surface area contributed by atoms with Crippen molar-refractivity contribution >= 4 is 35.0 Å². The molecule has 0 radical (unpaired) electrons. The van der Waals surface area contributed by atoms with Gasteiger partial charge in [0, 0.05) is 44.0 Å². The van der Waals surface area contributed by atoms with Crippen molar-refractivity contribution in [3.8, 4) is 0 Å². The van der Waals surface area contributed by atoms with E-state index in [1.54, 1.807) is 58.2 Å². The second-order valence-corrected chi connectivity index (χ2v) is 11.7. The monoisotopic (exact) mass is 557 g/mol. The molecule has 1 N–H and O–H groups in total. The predicted molar refractivity (Wildman–Crippen MR) is 151 cm³/mol. The molecule has 3 unspecified atom stereocenters. The number of carbonyl (C=O) groups excluding carboxylic acids is 3. The summed E-state index contributed by atoms with van der Waals surface area (Å²) in [5.41, 5.74) is -1.36. The third-order valence-corrected chi connectivity index (χ3v) is 9.12. The van der Waals surface area contributed by atoms with Gasteiger partial charge in [0.2, 0.25) is 11.8 Å². The van der Waals surface area contributed by atoms with E-state index in [4.69, 9.17) is 16.3 Å². The molecule has 3 aliphatic rings. The molecule has 3 fully saturated rings. The van der Waals surface area contributed by atoms with Gasteiger partial charge >= 0.3 is 0 Å². The van der Waals surface area contributed by atoms with E-state index < -0.39 is 29.1 Å². The van der Waals surface area contributed by atoms with Gasteiger partial charge in [-0.05, 0) is 62.8 Å². The number of likely N-dealkylation sites (N-methyl/N-ethyl adjacent to an activating group) is 1. The number of aliphatic hydroxyl groups excluding tert-OH is 1. The fourth-order valence-corrected chi connectivity index (χ4v) is 7.07. The molecule has 212 valence electrons. The number of unbranched alkanes of at least 4 members (excludes halogenated alkanes) is 2. The molecule has 3 saturated heterocycles. The Morgan fingerprint density at radius 3 is 2.44 bits per heavy atom. The van der Waals surface area contributed by atoms with Gasteiger partial charge in [0.25, 0.3) is 5.91 Å². The largest absolute Gasteiger partial charge is 0.396 e. The Labute approximate surface area is 236 Å². The van der Waals surface area contributed by atoms with Gasteiger partial charge < -0.3 is 24.5 Å². The highest BCUT2D eigenvalue weighted by Gasteiger charge is 2.80. The summed E-state index contributed by atoms with van der Waals surface area (Å²) >= 11 is 6.12. The van der Waals surface area contributed by atoms with Crippen molar-refractivity contribution < 1.29 is 24.2 Å². The number of fused-ring (bicyclic) bond motifs is 1. The molecule has 1 spiro atoms. The number of aliphatic hydroxyl groups is 1. The summed E-state index contributed by atoms with van der Waals surface area (Å²) in [6, 6.07) is 6.09. The third kappa shape index (κ3) is 4.81. The first-order valence-electron chi connectivity index (χ1n) is 13.7. The maximum absolute atomic E-state index is 14.5. The summed E-state index contributed by atoms with van der Waals surface area (Å²) in [7, 11) is 1.71. The molecule has 39 heavy (non-hydrogen) atoms. The fourth-order valence-electron chi connectivity index (χ4n) is 6.95. The van der Waals surface area contributed by atoms with Gasteiger partial charge in [-0.3, -0.25) is 14.4 Å². The van der Waals surface area contributed by atoms with E-state index in [9.17, 15) is 19.5 Å². The van der Waals surface area contributed by atoms with Gasteiger partial charge in [-0.2, -0.15) is 0 Å². The first-order valence-corrected chi connectivity index (χ1v) is 14.1.